The summed E-state index contributed by atoms with van der Waals surface area (Å²) in [5, 5.41) is 3.61. The minimum atomic E-state index is 0.107. The Kier molecular flexibility index (Phi) is 4.59. The number of methoxy groups -OCH3 is 1. The average Bonchev–Trinajstić information content (AvgIpc) is 2.35. The van der Waals surface area contributed by atoms with Crippen molar-refractivity contribution >= 4 is 5.91 Å². The largest absolute Gasteiger partial charge is 0.380 e. The molecule has 2 fully saturated rings. The van der Waals surface area contributed by atoms with Gasteiger partial charge in [0.05, 0.1) is 13.2 Å². The Bertz CT molecular complexity index is 284. The standard InChI is InChI=1S/C13H24N2O3/c1-13(9-18-10-13)8-14-11-3-5-15(6-4-11)12(16)7-17-2/h11,14H,3-10H2,1-2H3. The van der Waals surface area contributed by atoms with Crippen molar-refractivity contribution in [3.8, 4) is 0 Å². The first-order chi connectivity index (χ1) is 8.63. The van der Waals surface area contributed by atoms with E-state index in [0.29, 0.717) is 11.5 Å². The maximum atomic E-state index is 11.6. The molecule has 0 unspecified atom stereocenters. The number of ether oxygens (including phenoxy) is 2. The molecule has 18 heavy (non-hydrogen) atoms. The van der Waals surface area contributed by atoms with Crippen LogP contribution in [0.15, 0.2) is 0 Å². The van der Waals surface area contributed by atoms with Gasteiger partial charge in [-0.15, -0.1) is 0 Å². The van der Waals surface area contributed by atoms with Gasteiger partial charge >= 0.3 is 0 Å². The fourth-order valence-corrected chi connectivity index (χ4v) is 2.49. The number of hydrogen-bond donors (Lipinski definition) is 1. The molecule has 0 aromatic rings. The number of nitrogens with zero attached hydrogens (tertiary/aromatic N) is 1. The van der Waals surface area contributed by atoms with Gasteiger partial charge in [-0.05, 0) is 12.8 Å². The van der Waals surface area contributed by atoms with Crippen molar-refractivity contribution in [2.75, 3.05) is 46.6 Å². The van der Waals surface area contributed by atoms with E-state index in [-0.39, 0.29) is 12.5 Å². The molecule has 0 spiro atoms. The van der Waals surface area contributed by atoms with Crippen molar-refractivity contribution in [2.45, 2.75) is 25.8 Å². The summed E-state index contributed by atoms with van der Waals surface area (Å²) in [4.78, 5) is 13.5. The molecule has 104 valence electrons. The molecule has 5 nitrogen and oxygen atoms in total. The van der Waals surface area contributed by atoms with E-state index in [1.807, 2.05) is 4.90 Å². The summed E-state index contributed by atoms with van der Waals surface area (Å²) >= 11 is 0. The number of carbonyl (C=O) groups excluding carboxylic acids is 1. The minimum Gasteiger partial charge on any atom is -0.380 e. The van der Waals surface area contributed by atoms with Gasteiger partial charge in [-0.3, -0.25) is 4.79 Å². The van der Waals surface area contributed by atoms with Gasteiger partial charge in [0.1, 0.15) is 6.61 Å². The van der Waals surface area contributed by atoms with Crippen LogP contribution in [0, 0.1) is 5.41 Å². The molecule has 2 heterocycles. The van der Waals surface area contributed by atoms with E-state index >= 15 is 0 Å². The predicted molar refractivity (Wildman–Crippen MR) is 68.4 cm³/mol. The minimum absolute atomic E-state index is 0.107. The van der Waals surface area contributed by atoms with Crippen LogP contribution in [0.5, 0.6) is 0 Å². The van der Waals surface area contributed by atoms with Crippen LogP contribution in [0.3, 0.4) is 0 Å². The Labute approximate surface area is 109 Å². The molecule has 2 saturated heterocycles. The highest BCUT2D eigenvalue weighted by Crippen LogP contribution is 2.25. The van der Waals surface area contributed by atoms with Crippen LogP contribution in [0.25, 0.3) is 0 Å². The molecular weight excluding hydrogens is 232 g/mol. The molecule has 1 amide bonds. The zero-order chi connectivity index (χ0) is 13.0. The third-order valence-electron chi connectivity index (χ3n) is 3.83. The molecule has 2 aliphatic rings. The average molecular weight is 256 g/mol. The Balaban J connectivity index is 1.65. The smallest absolute Gasteiger partial charge is 0.248 e. The van der Waals surface area contributed by atoms with Crippen molar-refractivity contribution in [2.24, 2.45) is 5.41 Å². The van der Waals surface area contributed by atoms with Crippen molar-refractivity contribution in [1.29, 1.82) is 0 Å². The van der Waals surface area contributed by atoms with Crippen molar-refractivity contribution in [1.82, 2.24) is 10.2 Å². The van der Waals surface area contributed by atoms with Crippen LogP contribution >= 0.6 is 0 Å². The van der Waals surface area contributed by atoms with Crippen molar-refractivity contribution < 1.29 is 14.3 Å². The van der Waals surface area contributed by atoms with Gasteiger partial charge < -0.3 is 19.7 Å². The Morgan fingerprint density at radius 3 is 2.61 bits per heavy atom. The molecule has 1 N–H and O–H groups in total. The first-order valence-corrected chi connectivity index (χ1v) is 6.71. The molecule has 2 aliphatic heterocycles. The van der Waals surface area contributed by atoms with Crippen LogP contribution in [-0.2, 0) is 14.3 Å². The number of amides is 1. The molecule has 0 aliphatic carbocycles. The molecule has 5 heteroatoms. The second kappa shape index (κ2) is 5.99. The summed E-state index contributed by atoms with van der Waals surface area (Å²) in [5.74, 6) is 0.107. The van der Waals surface area contributed by atoms with Gasteiger partial charge in [-0.2, -0.15) is 0 Å². The maximum absolute atomic E-state index is 11.6. The lowest BCUT2D eigenvalue weighted by Crippen LogP contribution is -2.52. The number of hydrogen-bond acceptors (Lipinski definition) is 4. The maximum Gasteiger partial charge on any atom is 0.248 e. The van der Waals surface area contributed by atoms with Crippen LogP contribution < -0.4 is 5.32 Å². The second-order valence-corrected chi connectivity index (χ2v) is 5.77. The molecule has 2 rings (SSSR count). The summed E-state index contributed by atoms with van der Waals surface area (Å²) < 4.78 is 10.1. The van der Waals surface area contributed by atoms with Gasteiger partial charge in [-0.25, -0.2) is 0 Å². The lowest BCUT2D eigenvalue weighted by Gasteiger charge is -2.40. The zero-order valence-corrected chi connectivity index (χ0v) is 11.4. The summed E-state index contributed by atoms with van der Waals surface area (Å²) in [6.45, 7) is 6.88. The molecule has 0 radical (unpaired) electrons. The van der Waals surface area contributed by atoms with Gasteiger partial charge in [-0.1, -0.05) is 6.92 Å². The molecule has 0 atom stereocenters. The third-order valence-corrected chi connectivity index (χ3v) is 3.83. The lowest BCUT2D eigenvalue weighted by atomic mass is 9.88. The van der Waals surface area contributed by atoms with E-state index in [0.717, 1.165) is 45.7 Å². The summed E-state index contributed by atoms with van der Waals surface area (Å²) in [7, 11) is 1.56. The molecule has 0 aromatic heterocycles. The zero-order valence-electron chi connectivity index (χ0n) is 11.4. The second-order valence-electron chi connectivity index (χ2n) is 5.77. The quantitative estimate of drug-likeness (QED) is 0.766. The predicted octanol–water partition coefficient (Wildman–Crippen LogP) is 0.250. The topological polar surface area (TPSA) is 50.8 Å². The van der Waals surface area contributed by atoms with Gasteiger partial charge in [0.2, 0.25) is 5.91 Å². The van der Waals surface area contributed by atoms with E-state index in [1.54, 1.807) is 7.11 Å². The van der Waals surface area contributed by atoms with Crippen LogP contribution in [0.4, 0.5) is 0 Å². The number of likely N-dealkylation sites (tertiary alicyclic amines) is 1. The first-order valence-electron chi connectivity index (χ1n) is 6.71. The van der Waals surface area contributed by atoms with E-state index < -0.39 is 0 Å². The van der Waals surface area contributed by atoms with Crippen LogP contribution in [0.1, 0.15) is 19.8 Å². The lowest BCUT2D eigenvalue weighted by molar-refractivity contribution is -0.136. The summed E-state index contributed by atoms with van der Waals surface area (Å²) in [6, 6.07) is 0.536. The van der Waals surface area contributed by atoms with Gasteiger partial charge in [0.15, 0.2) is 0 Å². The number of piperidine rings is 1. The van der Waals surface area contributed by atoms with Crippen molar-refractivity contribution in [3.05, 3.63) is 0 Å². The van der Waals surface area contributed by atoms with Crippen LogP contribution in [-0.4, -0.2) is 63.4 Å². The Hall–Kier alpha value is -0.650. The monoisotopic (exact) mass is 256 g/mol. The SMILES string of the molecule is COCC(=O)N1CCC(NCC2(C)COC2)CC1. The molecular formula is C13H24N2O3. The Morgan fingerprint density at radius 2 is 2.11 bits per heavy atom. The van der Waals surface area contributed by atoms with E-state index in [2.05, 4.69) is 12.2 Å². The van der Waals surface area contributed by atoms with E-state index in [1.165, 1.54) is 0 Å². The molecule has 0 saturated carbocycles. The van der Waals surface area contributed by atoms with E-state index in [9.17, 15) is 4.79 Å². The summed E-state index contributed by atoms with van der Waals surface area (Å²) in [5.41, 5.74) is 0.322. The third kappa shape index (κ3) is 3.43. The fourth-order valence-electron chi connectivity index (χ4n) is 2.49. The number of nitrogens with one attached hydrogen (secondary N) is 1. The molecule has 0 aromatic carbocycles. The normalized spacial score (nSPS) is 23.8. The first kappa shape index (κ1) is 13.8. The highest BCUT2D eigenvalue weighted by molar-refractivity contribution is 5.77. The highest BCUT2D eigenvalue weighted by Gasteiger charge is 2.34. The fraction of sp³-hybridized carbons (Fsp3) is 0.923. The molecule has 0 bridgehead atoms. The number of rotatable bonds is 5. The van der Waals surface area contributed by atoms with Crippen molar-refractivity contribution in [3.63, 3.8) is 0 Å². The van der Waals surface area contributed by atoms with E-state index in [4.69, 9.17) is 9.47 Å². The number of carbonyl (C=O) groups is 1. The van der Waals surface area contributed by atoms with Gasteiger partial charge in [0.25, 0.3) is 0 Å². The van der Waals surface area contributed by atoms with Gasteiger partial charge in [0, 0.05) is 38.2 Å². The summed E-state index contributed by atoms with van der Waals surface area (Å²) in [6.07, 6.45) is 2.07. The van der Waals surface area contributed by atoms with Crippen LogP contribution in [0.2, 0.25) is 0 Å². The Morgan fingerprint density at radius 1 is 1.44 bits per heavy atom. The highest BCUT2D eigenvalue weighted by atomic mass is 16.5.